The topological polar surface area (TPSA) is 51.0 Å². The molecule has 0 spiro atoms. The number of aryl methyl sites for hydroxylation is 1. The number of hydrogen-bond donors (Lipinski definition) is 1. The summed E-state index contributed by atoms with van der Waals surface area (Å²) in [4.78, 5) is 9.22. The summed E-state index contributed by atoms with van der Waals surface area (Å²) >= 11 is 0. The van der Waals surface area contributed by atoms with E-state index in [1.54, 1.807) is 12.5 Å². The van der Waals surface area contributed by atoms with Crippen LogP contribution in [0.2, 0.25) is 0 Å². The molecule has 17 heavy (non-hydrogen) atoms. The first kappa shape index (κ1) is 10.3. The normalized spacial score (nSPS) is 13.7. The number of fused-ring (bicyclic) bond motifs is 1. The minimum atomic E-state index is 0.760. The molecule has 0 amide bonds. The van der Waals surface area contributed by atoms with Crippen molar-refractivity contribution in [2.24, 2.45) is 0 Å². The third-order valence-corrected chi connectivity index (χ3v) is 3.06. The molecule has 0 unspecified atom stereocenters. The van der Waals surface area contributed by atoms with Crippen LogP contribution in [0.3, 0.4) is 0 Å². The number of rotatable bonds is 3. The largest absolute Gasteiger partial charge is 0.472 e. The maximum absolute atomic E-state index is 5.09. The van der Waals surface area contributed by atoms with Crippen molar-refractivity contribution in [2.45, 2.75) is 26.2 Å². The van der Waals surface area contributed by atoms with Gasteiger partial charge in [0.25, 0.3) is 0 Å². The van der Waals surface area contributed by atoms with Gasteiger partial charge < -0.3 is 9.73 Å². The molecule has 0 saturated carbocycles. The van der Waals surface area contributed by atoms with Crippen LogP contribution in [0.4, 0.5) is 5.82 Å². The Morgan fingerprint density at radius 2 is 2.29 bits per heavy atom. The van der Waals surface area contributed by atoms with Gasteiger partial charge >= 0.3 is 0 Å². The van der Waals surface area contributed by atoms with E-state index in [2.05, 4.69) is 22.2 Å². The van der Waals surface area contributed by atoms with Crippen LogP contribution in [0.5, 0.6) is 0 Å². The van der Waals surface area contributed by atoms with Gasteiger partial charge in [0.1, 0.15) is 12.1 Å². The van der Waals surface area contributed by atoms with E-state index >= 15 is 0 Å². The van der Waals surface area contributed by atoms with Gasteiger partial charge in [-0.2, -0.15) is 0 Å². The molecule has 0 fully saturated rings. The van der Waals surface area contributed by atoms with Gasteiger partial charge in [-0.3, -0.25) is 0 Å². The van der Waals surface area contributed by atoms with Crippen molar-refractivity contribution in [3.8, 4) is 11.4 Å². The highest BCUT2D eigenvalue weighted by molar-refractivity contribution is 5.59. The molecule has 1 aliphatic carbocycles. The van der Waals surface area contributed by atoms with E-state index in [1.165, 1.54) is 17.7 Å². The summed E-state index contributed by atoms with van der Waals surface area (Å²) < 4.78 is 5.09. The summed E-state index contributed by atoms with van der Waals surface area (Å²) in [7, 11) is 0. The quantitative estimate of drug-likeness (QED) is 0.879. The molecule has 1 N–H and O–H groups in total. The SMILES string of the molecule is CCNc1nc(-c2ccoc2)nc2c1CCC2. The number of furan rings is 1. The van der Waals surface area contributed by atoms with Crippen LogP contribution in [-0.2, 0) is 12.8 Å². The molecule has 2 aromatic heterocycles. The standard InChI is InChI=1S/C13H15N3O/c1-2-14-13-10-4-3-5-11(10)15-12(16-13)9-6-7-17-8-9/h6-8H,2-5H2,1H3,(H,14,15,16). The predicted octanol–water partition coefficient (Wildman–Crippen LogP) is 2.66. The lowest BCUT2D eigenvalue weighted by atomic mass is 10.2. The predicted molar refractivity (Wildman–Crippen MR) is 65.9 cm³/mol. The Hall–Kier alpha value is -1.84. The monoisotopic (exact) mass is 229 g/mol. The van der Waals surface area contributed by atoms with Crippen LogP contribution < -0.4 is 5.32 Å². The van der Waals surface area contributed by atoms with Gasteiger partial charge in [0, 0.05) is 17.8 Å². The Balaban J connectivity index is 2.09. The fourth-order valence-electron chi connectivity index (χ4n) is 2.27. The summed E-state index contributed by atoms with van der Waals surface area (Å²) in [6, 6.07) is 1.90. The highest BCUT2D eigenvalue weighted by Gasteiger charge is 2.19. The lowest BCUT2D eigenvalue weighted by molar-refractivity contribution is 0.568. The van der Waals surface area contributed by atoms with Gasteiger partial charge in [0.15, 0.2) is 5.82 Å². The number of aromatic nitrogens is 2. The maximum atomic E-state index is 5.09. The Labute approximate surface area is 100 Å². The average Bonchev–Trinajstić information content (AvgIpc) is 3.00. The van der Waals surface area contributed by atoms with Crippen LogP contribution in [-0.4, -0.2) is 16.5 Å². The summed E-state index contributed by atoms with van der Waals surface area (Å²) in [6.07, 6.45) is 6.66. The van der Waals surface area contributed by atoms with Crippen molar-refractivity contribution >= 4 is 5.82 Å². The third-order valence-electron chi connectivity index (χ3n) is 3.06. The second-order valence-electron chi connectivity index (χ2n) is 4.22. The molecule has 0 aliphatic heterocycles. The first-order chi connectivity index (χ1) is 8.38. The Morgan fingerprint density at radius 1 is 1.35 bits per heavy atom. The van der Waals surface area contributed by atoms with E-state index in [1.807, 2.05) is 6.07 Å². The van der Waals surface area contributed by atoms with Crippen molar-refractivity contribution in [3.63, 3.8) is 0 Å². The number of nitrogens with one attached hydrogen (secondary N) is 1. The van der Waals surface area contributed by atoms with Crippen molar-refractivity contribution in [1.82, 2.24) is 9.97 Å². The van der Waals surface area contributed by atoms with E-state index in [4.69, 9.17) is 4.42 Å². The minimum absolute atomic E-state index is 0.760. The molecule has 4 heteroatoms. The maximum Gasteiger partial charge on any atom is 0.165 e. The summed E-state index contributed by atoms with van der Waals surface area (Å²) in [5, 5.41) is 3.33. The zero-order chi connectivity index (χ0) is 11.7. The Bertz CT molecular complexity index is 520. The van der Waals surface area contributed by atoms with E-state index in [-0.39, 0.29) is 0 Å². The van der Waals surface area contributed by atoms with Crippen LogP contribution >= 0.6 is 0 Å². The fraction of sp³-hybridized carbons (Fsp3) is 0.385. The fourth-order valence-corrected chi connectivity index (χ4v) is 2.27. The van der Waals surface area contributed by atoms with Crippen molar-refractivity contribution < 1.29 is 4.42 Å². The molecule has 0 saturated heterocycles. The number of hydrogen-bond acceptors (Lipinski definition) is 4. The lowest BCUT2D eigenvalue weighted by Gasteiger charge is -2.09. The first-order valence-corrected chi connectivity index (χ1v) is 6.04. The third kappa shape index (κ3) is 1.79. The van der Waals surface area contributed by atoms with Crippen LogP contribution in [0.25, 0.3) is 11.4 Å². The van der Waals surface area contributed by atoms with Crippen LogP contribution in [0.1, 0.15) is 24.6 Å². The van der Waals surface area contributed by atoms with Crippen molar-refractivity contribution in [3.05, 3.63) is 29.9 Å². The van der Waals surface area contributed by atoms with Gasteiger partial charge in [0.2, 0.25) is 0 Å². The second-order valence-corrected chi connectivity index (χ2v) is 4.22. The molecule has 2 aromatic rings. The molecular weight excluding hydrogens is 214 g/mol. The zero-order valence-corrected chi connectivity index (χ0v) is 9.86. The van der Waals surface area contributed by atoms with Gasteiger partial charge in [-0.15, -0.1) is 0 Å². The van der Waals surface area contributed by atoms with Crippen LogP contribution in [0, 0.1) is 0 Å². The van der Waals surface area contributed by atoms with Gasteiger partial charge in [-0.25, -0.2) is 9.97 Å². The van der Waals surface area contributed by atoms with E-state index in [0.717, 1.165) is 36.6 Å². The second kappa shape index (κ2) is 4.20. The molecule has 3 rings (SSSR count). The molecule has 0 aromatic carbocycles. The molecule has 0 bridgehead atoms. The van der Waals surface area contributed by atoms with E-state index in [9.17, 15) is 0 Å². The Morgan fingerprint density at radius 3 is 3.06 bits per heavy atom. The smallest absolute Gasteiger partial charge is 0.165 e. The number of nitrogens with zero attached hydrogens (tertiary/aromatic N) is 2. The average molecular weight is 229 g/mol. The highest BCUT2D eigenvalue weighted by atomic mass is 16.3. The molecular formula is C13H15N3O. The first-order valence-electron chi connectivity index (χ1n) is 6.04. The Kier molecular flexibility index (Phi) is 2.55. The summed E-state index contributed by atoms with van der Waals surface area (Å²) in [5.74, 6) is 1.75. The highest BCUT2D eigenvalue weighted by Crippen LogP contribution is 2.29. The minimum Gasteiger partial charge on any atom is -0.472 e. The van der Waals surface area contributed by atoms with Crippen molar-refractivity contribution in [2.75, 3.05) is 11.9 Å². The summed E-state index contributed by atoms with van der Waals surface area (Å²) in [5.41, 5.74) is 3.42. The molecule has 0 atom stereocenters. The van der Waals surface area contributed by atoms with E-state index < -0.39 is 0 Å². The van der Waals surface area contributed by atoms with Gasteiger partial charge in [-0.05, 0) is 32.3 Å². The molecule has 0 radical (unpaired) electrons. The molecule has 88 valence electrons. The molecule has 1 aliphatic rings. The molecule has 2 heterocycles. The number of anilines is 1. The van der Waals surface area contributed by atoms with Gasteiger partial charge in [-0.1, -0.05) is 0 Å². The van der Waals surface area contributed by atoms with Crippen molar-refractivity contribution in [1.29, 1.82) is 0 Å². The zero-order valence-electron chi connectivity index (χ0n) is 9.86. The lowest BCUT2D eigenvalue weighted by Crippen LogP contribution is -2.06. The van der Waals surface area contributed by atoms with E-state index in [0.29, 0.717) is 0 Å². The molecule has 4 nitrogen and oxygen atoms in total. The van der Waals surface area contributed by atoms with Gasteiger partial charge in [0.05, 0.1) is 11.8 Å². The van der Waals surface area contributed by atoms with Crippen LogP contribution in [0.15, 0.2) is 23.0 Å². The summed E-state index contributed by atoms with van der Waals surface area (Å²) in [6.45, 7) is 2.97.